The lowest BCUT2D eigenvalue weighted by molar-refractivity contribution is -0.134. The first-order chi connectivity index (χ1) is 12.4. The number of amides is 4. The first-order valence-corrected chi connectivity index (χ1v) is 8.96. The number of imide groups is 1. The lowest BCUT2D eigenvalue weighted by atomic mass is 9.90. The second-order valence-electron chi connectivity index (χ2n) is 7.00. The Morgan fingerprint density at radius 2 is 1.69 bits per heavy atom. The molecule has 2 N–H and O–H groups in total. The molecule has 1 aromatic rings. The summed E-state index contributed by atoms with van der Waals surface area (Å²) in [5, 5.41) is 5.47. The second-order valence-corrected chi connectivity index (χ2v) is 7.00. The van der Waals surface area contributed by atoms with Crippen LogP contribution in [0, 0.1) is 0 Å². The molecule has 1 saturated carbocycles. The molecule has 26 heavy (non-hydrogen) atoms. The topological polar surface area (TPSA) is 95.6 Å². The largest absolute Gasteiger partial charge is 0.325 e. The van der Waals surface area contributed by atoms with Crippen LogP contribution in [-0.2, 0) is 9.59 Å². The van der Waals surface area contributed by atoms with Gasteiger partial charge in [0.2, 0.25) is 5.91 Å². The van der Waals surface area contributed by atoms with Crippen molar-refractivity contribution in [2.45, 2.75) is 51.0 Å². The summed E-state index contributed by atoms with van der Waals surface area (Å²) in [6.45, 7) is 1.15. The molecule has 138 valence electrons. The summed E-state index contributed by atoms with van der Waals surface area (Å²) in [6.07, 6.45) is 5.16. The number of carbonyl (C=O) groups is 4. The van der Waals surface area contributed by atoms with Crippen molar-refractivity contribution in [3.05, 3.63) is 29.8 Å². The predicted molar refractivity (Wildman–Crippen MR) is 95.8 cm³/mol. The van der Waals surface area contributed by atoms with Crippen LogP contribution in [0.3, 0.4) is 0 Å². The fraction of sp³-hybridized carbons (Fsp3) is 0.474. The Labute approximate surface area is 152 Å². The van der Waals surface area contributed by atoms with Crippen molar-refractivity contribution in [3.63, 3.8) is 0 Å². The van der Waals surface area contributed by atoms with E-state index in [0.717, 1.165) is 30.6 Å². The first-order valence-electron chi connectivity index (χ1n) is 8.96. The molecule has 0 unspecified atom stereocenters. The van der Waals surface area contributed by atoms with Gasteiger partial charge < -0.3 is 10.6 Å². The van der Waals surface area contributed by atoms with Crippen LogP contribution in [-0.4, -0.2) is 40.6 Å². The monoisotopic (exact) mass is 357 g/mol. The fourth-order valence-corrected chi connectivity index (χ4v) is 3.62. The molecule has 1 heterocycles. The average molecular weight is 357 g/mol. The molecule has 7 nitrogen and oxygen atoms in total. The Hall–Kier alpha value is -2.70. The van der Waals surface area contributed by atoms with Crippen LogP contribution >= 0.6 is 0 Å². The van der Waals surface area contributed by atoms with Crippen LogP contribution in [0.1, 0.15) is 55.8 Å². The number of benzene rings is 1. The number of anilines is 1. The van der Waals surface area contributed by atoms with Crippen molar-refractivity contribution >= 4 is 29.3 Å². The molecule has 1 aliphatic heterocycles. The smallest absolute Gasteiger partial charge is 0.325 e. The van der Waals surface area contributed by atoms with Gasteiger partial charge in [0.25, 0.3) is 5.91 Å². The number of nitrogens with zero attached hydrogens (tertiary/aromatic N) is 1. The normalized spacial score (nSPS) is 19.2. The molecule has 0 atom stereocenters. The van der Waals surface area contributed by atoms with Crippen LogP contribution in [0.15, 0.2) is 24.3 Å². The van der Waals surface area contributed by atoms with Crippen molar-refractivity contribution in [3.8, 4) is 0 Å². The van der Waals surface area contributed by atoms with E-state index < -0.39 is 17.5 Å². The lowest BCUT2D eigenvalue weighted by Gasteiger charge is -2.24. The molecule has 1 aromatic carbocycles. The van der Waals surface area contributed by atoms with E-state index in [-0.39, 0.29) is 18.2 Å². The van der Waals surface area contributed by atoms with Crippen molar-refractivity contribution in [2.24, 2.45) is 0 Å². The van der Waals surface area contributed by atoms with Crippen molar-refractivity contribution < 1.29 is 19.2 Å². The zero-order valence-corrected chi connectivity index (χ0v) is 14.8. The Morgan fingerprint density at radius 1 is 1.08 bits per heavy atom. The predicted octanol–water partition coefficient (Wildman–Crippen LogP) is 2.47. The summed E-state index contributed by atoms with van der Waals surface area (Å²) >= 11 is 0. The lowest BCUT2D eigenvalue weighted by Crippen LogP contribution is -2.47. The highest BCUT2D eigenvalue weighted by molar-refractivity contribution is 6.10. The zero-order chi connectivity index (χ0) is 18.7. The van der Waals surface area contributed by atoms with E-state index >= 15 is 0 Å². The van der Waals surface area contributed by atoms with Gasteiger partial charge in [-0.1, -0.05) is 25.7 Å². The summed E-state index contributed by atoms with van der Waals surface area (Å²) < 4.78 is 0. The van der Waals surface area contributed by atoms with E-state index in [4.69, 9.17) is 0 Å². The molecule has 2 fully saturated rings. The molecule has 7 heteroatoms. The summed E-state index contributed by atoms with van der Waals surface area (Å²) in [5.74, 6) is -0.808. The highest BCUT2D eigenvalue weighted by atomic mass is 16.2. The summed E-state index contributed by atoms with van der Waals surface area (Å²) in [6, 6.07) is 5.97. The fourth-order valence-electron chi connectivity index (χ4n) is 3.62. The third-order valence-corrected chi connectivity index (χ3v) is 5.08. The van der Waals surface area contributed by atoms with Gasteiger partial charge in [-0.15, -0.1) is 0 Å². The molecular formula is C19H23N3O4. The van der Waals surface area contributed by atoms with Gasteiger partial charge in [0.15, 0.2) is 5.78 Å². The maximum atomic E-state index is 12.8. The number of ketones is 1. The summed E-state index contributed by atoms with van der Waals surface area (Å²) in [5.41, 5.74) is 0.223. The van der Waals surface area contributed by atoms with E-state index in [0.29, 0.717) is 24.1 Å². The zero-order valence-electron chi connectivity index (χ0n) is 14.8. The van der Waals surface area contributed by atoms with Crippen LogP contribution < -0.4 is 10.6 Å². The maximum absolute atomic E-state index is 12.8. The number of hydrogen-bond donors (Lipinski definition) is 2. The minimum Gasteiger partial charge on any atom is -0.325 e. The van der Waals surface area contributed by atoms with E-state index in [9.17, 15) is 19.2 Å². The number of urea groups is 1. The Balaban J connectivity index is 1.64. The number of carbonyl (C=O) groups excluding carboxylic acids is 4. The number of hydrogen-bond acceptors (Lipinski definition) is 4. The minimum atomic E-state index is -0.836. The molecule has 3 rings (SSSR count). The second kappa shape index (κ2) is 7.27. The van der Waals surface area contributed by atoms with Gasteiger partial charge in [-0.2, -0.15) is 0 Å². The van der Waals surface area contributed by atoms with E-state index in [1.807, 2.05) is 0 Å². The Morgan fingerprint density at radius 3 is 2.27 bits per heavy atom. The van der Waals surface area contributed by atoms with Crippen LogP contribution in [0.5, 0.6) is 0 Å². The number of nitrogens with one attached hydrogen (secondary N) is 2. The molecule has 0 bridgehead atoms. The van der Waals surface area contributed by atoms with Crippen LogP contribution in [0.2, 0.25) is 0 Å². The van der Waals surface area contributed by atoms with E-state index in [1.165, 1.54) is 6.92 Å². The van der Waals surface area contributed by atoms with Gasteiger partial charge in [-0.05, 0) is 44.0 Å². The SMILES string of the molecule is CC(=O)c1ccc(NC(=O)CN2C(=O)NC3(CCCCCC3)C2=O)cc1. The van der Waals surface area contributed by atoms with Gasteiger partial charge in [-0.25, -0.2) is 4.79 Å². The molecular weight excluding hydrogens is 334 g/mol. The highest BCUT2D eigenvalue weighted by Crippen LogP contribution is 2.32. The number of rotatable bonds is 4. The average Bonchev–Trinajstić information content (AvgIpc) is 2.77. The molecule has 1 spiro atoms. The van der Waals surface area contributed by atoms with E-state index in [2.05, 4.69) is 10.6 Å². The summed E-state index contributed by atoms with van der Waals surface area (Å²) in [4.78, 5) is 49.6. The number of Topliss-reactive ketones (excluding diaryl/α,β-unsaturated/α-hetero) is 1. The molecule has 1 saturated heterocycles. The molecule has 0 radical (unpaired) electrons. The third kappa shape index (κ3) is 3.61. The standard InChI is InChI=1S/C19H23N3O4/c1-13(23)14-6-8-15(9-7-14)20-16(24)12-22-17(25)19(21-18(22)26)10-4-2-3-5-11-19/h6-9H,2-5,10-12H2,1H3,(H,20,24)(H,21,26). The van der Waals surface area contributed by atoms with Gasteiger partial charge in [0.1, 0.15) is 12.1 Å². The molecule has 0 aromatic heterocycles. The molecule has 1 aliphatic carbocycles. The van der Waals surface area contributed by atoms with Crippen LogP contribution in [0.4, 0.5) is 10.5 Å². The molecule has 4 amide bonds. The van der Waals surface area contributed by atoms with Crippen LogP contribution in [0.25, 0.3) is 0 Å². The first kappa shape index (κ1) is 18.1. The third-order valence-electron chi connectivity index (χ3n) is 5.08. The van der Waals surface area contributed by atoms with Crippen molar-refractivity contribution in [1.29, 1.82) is 0 Å². The Bertz CT molecular complexity index is 734. The van der Waals surface area contributed by atoms with Gasteiger partial charge >= 0.3 is 6.03 Å². The summed E-state index contributed by atoms with van der Waals surface area (Å²) in [7, 11) is 0. The highest BCUT2D eigenvalue weighted by Gasteiger charge is 2.51. The van der Waals surface area contributed by atoms with Gasteiger partial charge in [-0.3, -0.25) is 19.3 Å². The minimum absolute atomic E-state index is 0.0593. The van der Waals surface area contributed by atoms with Gasteiger partial charge in [0, 0.05) is 11.3 Å². The van der Waals surface area contributed by atoms with Gasteiger partial charge in [0.05, 0.1) is 0 Å². The van der Waals surface area contributed by atoms with Crippen molar-refractivity contribution in [2.75, 3.05) is 11.9 Å². The quantitative estimate of drug-likeness (QED) is 0.639. The van der Waals surface area contributed by atoms with E-state index in [1.54, 1.807) is 24.3 Å². The maximum Gasteiger partial charge on any atom is 0.325 e. The Kier molecular flexibility index (Phi) is 5.06. The molecule has 2 aliphatic rings. The van der Waals surface area contributed by atoms with Crippen molar-refractivity contribution in [1.82, 2.24) is 10.2 Å².